The van der Waals surface area contributed by atoms with Gasteiger partial charge in [-0.15, -0.1) is 0 Å². The van der Waals surface area contributed by atoms with Gasteiger partial charge in [-0.25, -0.2) is 4.79 Å². The van der Waals surface area contributed by atoms with Crippen molar-refractivity contribution in [3.63, 3.8) is 0 Å². The minimum atomic E-state index is -1.85. The molecule has 370 valence electrons. The summed E-state index contributed by atoms with van der Waals surface area (Å²) in [7, 11) is 0. The molecule has 16 N–H and O–H groups in total. The Bertz CT molecular complexity index is 2000. The van der Waals surface area contributed by atoms with Crippen molar-refractivity contribution in [1.29, 1.82) is 0 Å². The first kappa shape index (κ1) is 56.4. The van der Waals surface area contributed by atoms with Gasteiger partial charge in [0.25, 0.3) is 0 Å². The number of benzene rings is 2. The van der Waals surface area contributed by atoms with Crippen LogP contribution in [0.4, 0.5) is 0 Å². The lowest BCUT2D eigenvalue weighted by Gasteiger charge is -2.28. The molecule has 2 aromatic rings. The molecule has 8 amide bonds. The van der Waals surface area contributed by atoms with Gasteiger partial charge >= 0.3 is 5.97 Å². The smallest absolute Gasteiger partial charge is 0.328 e. The lowest BCUT2D eigenvalue weighted by Crippen LogP contribution is -2.62. The second-order valence-electron chi connectivity index (χ2n) is 16.1. The van der Waals surface area contributed by atoms with Crippen LogP contribution in [-0.2, 0) is 56.0 Å². The van der Waals surface area contributed by atoms with Crippen LogP contribution in [0.15, 0.2) is 54.6 Å². The average molecular weight is 946 g/mol. The minimum absolute atomic E-state index is 0.00203. The summed E-state index contributed by atoms with van der Waals surface area (Å²) in [5.41, 5.74) is 6.46. The standard InChI is InChI=1S/C43H63N9O15/c1-21(2)15-28(47-40(63)31(19-53)49-39(62)29(46-33(58)18-44)16-25-9-7-6-8-10-25)38(61)50-32(20-54)41(64)51-34(23(4)55)42(65)48-30(17-26-11-13-27(57)14-12-26)37(60)45-22(3)36(59)52-35(24(5)56)43(66)67/h6-14,21-24,28-32,34-35,53-57H,15-20,44H2,1-5H3,(H,45,60)(H,46,58)(H,47,63)(H,48,65)(H,49,62)(H,50,61)(H,51,64)(H,52,59)(H,66,67)/t22-,23+,24+,28-,29-,30-,31-,32-,34-,35-/m0/s1. The largest absolute Gasteiger partial charge is 0.508 e. The van der Waals surface area contributed by atoms with Crippen LogP contribution in [0.1, 0.15) is 52.2 Å². The monoisotopic (exact) mass is 945 g/mol. The molecular weight excluding hydrogens is 883 g/mol. The Kier molecular flexibility index (Phi) is 23.3. The van der Waals surface area contributed by atoms with Gasteiger partial charge in [0.15, 0.2) is 6.04 Å². The summed E-state index contributed by atoms with van der Waals surface area (Å²) >= 11 is 0. The number of aliphatic hydroxyl groups is 4. The normalized spacial score (nSPS) is 15.6. The molecule has 24 nitrogen and oxygen atoms in total. The third-order valence-electron chi connectivity index (χ3n) is 9.96. The Hall–Kier alpha value is -6.73. The quantitative estimate of drug-likeness (QED) is 0.0398. The SMILES string of the molecule is CC(C)C[C@H](NC(=O)[C@H](CO)NC(=O)[C@H](Cc1ccccc1)NC(=O)CN)C(=O)N[C@@H](CO)C(=O)N[C@H](C(=O)N[C@@H](Cc1ccc(O)cc1)C(=O)N[C@@H](C)C(=O)N[C@H](C(=O)O)[C@@H](C)O)[C@@H](C)O. The van der Waals surface area contributed by atoms with E-state index >= 15 is 0 Å². The number of aliphatic carboxylic acids is 1. The van der Waals surface area contributed by atoms with Crippen LogP contribution in [0.5, 0.6) is 5.75 Å². The van der Waals surface area contributed by atoms with Gasteiger partial charge in [0.05, 0.1) is 32.0 Å². The first-order valence-corrected chi connectivity index (χ1v) is 21.3. The Morgan fingerprint density at radius 3 is 1.40 bits per heavy atom. The molecule has 0 heterocycles. The molecule has 0 aliphatic heterocycles. The molecule has 2 rings (SSSR count). The fourth-order valence-corrected chi connectivity index (χ4v) is 6.26. The van der Waals surface area contributed by atoms with Crippen LogP contribution in [0.3, 0.4) is 0 Å². The van der Waals surface area contributed by atoms with Crippen molar-refractivity contribution in [1.82, 2.24) is 42.5 Å². The number of hydrogen-bond donors (Lipinski definition) is 15. The highest BCUT2D eigenvalue weighted by atomic mass is 16.4. The number of aromatic hydroxyl groups is 1. The van der Waals surface area contributed by atoms with Gasteiger partial charge in [-0.3, -0.25) is 38.4 Å². The number of carbonyl (C=O) groups excluding carboxylic acids is 8. The van der Waals surface area contributed by atoms with Gasteiger partial charge in [0, 0.05) is 12.8 Å². The fourth-order valence-electron chi connectivity index (χ4n) is 6.26. The van der Waals surface area contributed by atoms with E-state index in [1.165, 1.54) is 31.2 Å². The molecule has 0 unspecified atom stereocenters. The van der Waals surface area contributed by atoms with Gasteiger partial charge in [-0.1, -0.05) is 56.3 Å². The molecule has 0 saturated carbocycles. The number of rotatable bonds is 27. The van der Waals surface area contributed by atoms with Crippen molar-refractivity contribution in [3.8, 4) is 5.75 Å². The molecule has 0 aliphatic carbocycles. The predicted molar refractivity (Wildman–Crippen MR) is 237 cm³/mol. The zero-order valence-electron chi connectivity index (χ0n) is 37.7. The van der Waals surface area contributed by atoms with Crippen LogP contribution in [0.25, 0.3) is 0 Å². The van der Waals surface area contributed by atoms with E-state index in [1.54, 1.807) is 44.2 Å². The molecule has 0 bridgehead atoms. The number of nitrogens with two attached hydrogens (primary N) is 1. The number of carboxylic acids is 1. The number of carbonyl (C=O) groups is 9. The van der Waals surface area contributed by atoms with Crippen molar-refractivity contribution < 1.29 is 73.8 Å². The van der Waals surface area contributed by atoms with Crippen molar-refractivity contribution in [3.05, 3.63) is 65.7 Å². The lowest BCUT2D eigenvalue weighted by atomic mass is 10.0. The van der Waals surface area contributed by atoms with Gasteiger partial charge in [0.1, 0.15) is 48.0 Å². The van der Waals surface area contributed by atoms with Crippen LogP contribution < -0.4 is 48.3 Å². The first-order chi connectivity index (χ1) is 31.5. The van der Waals surface area contributed by atoms with Crippen molar-refractivity contribution in [2.75, 3.05) is 19.8 Å². The average Bonchev–Trinajstić information content (AvgIpc) is 3.27. The number of hydrogen-bond acceptors (Lipinski definition) is 15. The highest BCUT2D eigenvalue weighted by molar-refractivity contribution is 5.98. The summed E-state index contributed by atoms with van der Waals surface area (Å²) < 4.78 is 0. The number of amides is 8. The van der Waals surface area contributed by atoms with E-state index in [0.717, 1.165) is 13.8 Å². The molecule has 67 heavy (non-hydrogen) atoms. The van der Waals surface area contributed by atoms with Gasteiger partial charge < -0.3 is 78.9 Å². The van der Waals surface area contributed by atoms with Gasteiger partial charge in [-0.05, 0) is 56.4 Å². The van der Waals surface area contributed by atoms with E-state index in [1.807, 2.05) is 0 Å². The van der Waals surface area contributed by atoms with Crippen molar-refractivity contribution >= 4 is 53.2 Å². The summed E-state index contributed by atoms with van der Waals surface area (Å²) in [6, 6.07) is 1.39. The molecule has 10 atom stereocenters. The summed E-state index contributed by atoms with van der Waals surface area (Å²) in [4.78, 5) is 118. The van der Waals surface area contributed by atoms with E-state index in [-0.39, 0.29) is 30.9 Å². The van der Waals surface area contributed by atoms with Crippen molar-refractivity contribution in [2.45, 2.75) is 114 Å². The maximum absolute atomic E-state index is 13.7. The molecule has 0 spiro atoms. The Morgan fingerprint density at radius 2 is 0.925 bits per heavy atom. The highest BCUT2D eigenvalue weighted by Crippen LogP contribution is 2.13. The summed E-state index contributed by atoms with van der Waals surface area (Å²) in [5.74, 6) is -9.86. The molecular formula is C43H63N9O15. The van der Waals surface area contributed by atoms with Gasteiger partial charge in [0.2, 0.25) is 47.3 Å². The summed E-state index contributed by atoms with van der Waals surface area (Å²) in [5, 5.41) is 78.3. The molecule has 0 saturated heterocycles. The van der Waals surface area contributed by atoms with Crippen LogP contribution in [-0.4, -0.2) is 164 Å². The molecule has 0 aliphatic rings. The number of phenolic OH excluding ortho intramolecular Hbond substituents is 1. The topological polar surface area (TPSA) is 397 Å². The molecule has 2 aromatic carbocycles. The van der Waals surface area contributed by atoms with Crippen LogP contribution in [0, 0.1) is 5.92 Å². The van der Waals surface area contributed by atoms with Crippen LogP contribution >= 0.6 is 0 Å². The third-order valence-corrected chi connectivity index (χ3v) is 9.96. The maximum atomic E-state index is 13.7. The lowest BCUT2D eigenvalue weighted by molar-refractivity contribution is -0.145. The molecule has 0 fully saturated rings. The van der Waals surface area contributed by atoms with E-state index < -0.39 is 134 Å². The zero-order valence-corrected chi connectivity index (χ0v) is 37.7. The Labute approximate surface area is 386 Å². The zero-order chi connectivity index (χ0) is 50.5. The third kappa shape index (κ3) is 19.0. The second-order valence-corrected chi connectivity index (χ2v) is 16.1. The number of aliphatic hydroxyl groups excluding tert-OH is 4. The van der Waals surface area contributed by atoms with Crippen LogP contribution in [0.2, 0.25) is 0 Å². The van der Waals surface area contributed by atoms with Gasteiger partial charge in [-0.2, -0.15) is 0 Å². The molecule has 0 radical (unpaired) electrons. The predicted octanol–water partition coefficient (Wildman–Crippen LogP) is -5.09. The summed E-state index contributed by atoms with van der Waals surface area (Å²) in [6.45, 7) is 4.39. The highest BCUT2D eigenvalue weighted by Gasteiger charge is 2.36. The number of phenols is 1. The second kappa shape index (κ2) is 27.7. The number of carboxylic acid groups (broad SMARTS) is 1. The Balaban J connectivity index is 2.26. The first-order valence-electron chi connectivity index (χ1n) is 21.3. The number of nitrogens with one attached hydrogen (secondary N) is 8. The van der Waals surface area contributed by atoms with E-state index in [9.17, 15) is 73.8 Å². The minimum Gasteiger partial charge on any atom is -0.508 e. The molecule has 0 aromatic heterocycles. The van der Waals surface area contributed by atoms with E-state index in [2.05, 4.69) is 42.5 Å². The van der Waals surface area contributed by atoms with E-state index in [0.29, 0.717) is 11.1 Å². The summed E-state index contributed by atoms with van der Waals surface area (Å²) in [6.07, 6.45) is -3.52. The fraction of sp³-hybridized carbons (Fsp3) is 0.512. The maximum Gasteiger partial charge on any atom is 0.328 e. The Morgan fingerprint density at radius 1 is 0.507 bits per heavy atom. The van der Waals surface area contributed by atoms with Crippen molar-refractivity contribution in [2.24, 2.45) is 11.7 Å². The molecule has 24 heteroatoms. The van der Waals surface area contributed by atoms with E-state index in [4.69, 9.17) is 5.73 Å².